The minimum atomic E-state index is -0.705. The Morgan fingerprint density at radius 1 is 1.77 bits per heavy atom. The molecule has 66 valence electrons. The van der Waals surface area contributed by atoms with Crippen LogP contribution in [0.2, 0.25) is 0 Å². The maximum absolute atomic E-state index is 10.7. The van der Waals surface area contributed by atoms with Gasteiger partial charge >= 0.3 is 0 Å². The fraction of sp³-hybridized carbons (Fsp3) is 0.111. The van der Waals surface area contributed by atoms with Crippen LogP contribution in [0.15, 0.2) is 23.9 Å². The van der Waals surface area contributed by atoms with Crippen LogP contribution in [0.4, 0.5) is 0 Å². The minimum Gasteiger partial charge on any atom is -0.365 e. The summed E-state index contributed by atoms with van der Waals surface area (Å²) < 4.78 is 1.79. The van der Waals surface area contributed by atoms with Crippen LogP contribution < -0.4 is 5.73 Å². The van der Waals surface area contributed by atoms with Crippen LogP contribution in [0.3, 0.4) is 0 Å². The summed E-state index contributed by atoms with van der Waals surface area (Å²) in [4.78, 5) is 10.7. The molecule has 1 aromatic rings. The van der Waals surface area contributed by atoms with Gasteiger partial charge in [0.15, 0.2) is 0 Å². The molecule has 1 heterocycles. The molecule has 0 spiro atoms. The molecule has 0 radical (unpaired) electrons. The lowest BCUT2D eigenvalue weighted by atomic mass is 10.2. The van der Waals surface area contributed by atoms with Gasteiger partial charge in [-0.15, -0.1) is 0 Å². The lowest BCUT2D eigenvalue weighted by molar-refractivity contribution is -0.114. The summed E-state index contributed by atoms with van der Waals surface area (Å²) in [6.45, 7) is 0. The molecule has 1 rings (SSSR count). The standard InChI is InChI=1S/C9H9N3O/c1-12-4-2-3-8(12)5-7(6-10)9(11)13/h2-5H,1H3,(H2,11,13). The van der Waals surface area contributed by atoms with Gasteiger partial charge in [-0.2, -0.15) is 5.26 Å². The van der Waals surface area contributed by atoms with E-state index in [0.717, 1.165) is 5.69 Å². The molecule has 0 aliphatic carbocycles. The third-order valence-corrected chi connectivity index (χ3v) is 1.66. The highest BCUT2D eigenvalue weighted by Crippen LogP contribution is 2.05. The van der Waals surface area contributed by atoms with E-state index in [0.29, 0.717) is 0 Å². The van der Waals surface area contributed by atoms with E-state index in [1.165, 1.54) is 6.08 Å². The quantitative estimate of drug-likeness (QED) is 0.522. The highest BCUT2D eigenvalue weighted by molar-refractivity contribution is 6.00. The van der Waals surface area contributed by atoms with Gasteiger partial charge in [-0.1, -0.05) is 0 Å². The van der Waals surface area contributed by atoms with Gasteiger partial charge in [0.05, 0.1) is 0 Å². The second kappa shape index (κ2) is 3.59. The number of hydrogen-bond acceptors (Lipinski definition) is 2. The number of hydrogen-bond donors (Lipinski definition) is 1. The number of carbonyl (C=O) groups excluding carboxylic acids is 1. The predicted molar refractivity (Wildman–Crippen MR) is 48.2 cm³/mol. The molecule has 0 saturated carbocycles. The van der Waals surface area contributed by atoms with Gasteiger partial charge in [0, 0.05) is 18.9 Å². The van der Waals surface area contributed by atoms with Gasteiger partial charge < -0.3 is 10.3 Å². The fourth-order valence-electron chi connectivity index (χ4n) is 0.931. The second-order valence-electron chi connectivity index (χ2n) is 2.58. The molecule has 1 amide bonds. The van der Waals surface area contributed by atoms with Gasteiger partial charge in [-0.3, -0.25) is 4.79 Å². The third kappa shape index (κ3) is 1.97. The normalized spacial score (nSPS) is 10.9. The lowest BCUT2D eigenvalue weighted by Crippen LogP contribution is -2.12. The molecule has 2 N–H and O–H groups in total. The second-order valence-corrected chi connectivity index (χ2v) is 2.58. The molecular formula is C9H9N3O. The van der Waals surface area contributed by atoms with Crippen molar-refractivity contribution in [1.29, 1.82) is 5.26 Å². The van der Waals surface area contributed by atoms with E-state index in [2.05, 4.69) is 0 Å². The lowest BCUT2D eigenvalue weighted by Gasteiger charge is -1.96. The fourth-order valence-corrected chi connectivity index (χ4v) is 0.931. The Labute approximate surface area is 75.9 Å². The SMILES string of the molecule is Cn1cccc1C=C(C#N)C(N)=O. The summed E-state index contributed by atoms with van der Waals surface area (Å²) in [6.07, 6.45) is 3.28. The highest BCUT2D eigenvalue weighted by atomic mass is 16.1. The highest BCUT2D eigenvalue weighted by Gasteiger charge is 2.03. The Hall–Kier alpha value is -2.02. The summed E-state index contributed by atoms with van der Waals surface area (Å²) in [6, 6.07) is 5.35. The molecular weight excluding hydrogens is 166 g/mol. The van der Waals surface area contributed by atoms with Crippen molar-refractivity contribution >= 4 is 12.0 Å². The number of nitrogens with zero attached hydrogens (tertiary/aromatic N) is 2. The van der Waals surface area contributed by atoms with Crippen LogP contribution in [-0.4, -0.2) is 10.5 Å². The predicted octanol–water partition coefficient (Wildman–Crippen LogP) is 0.417. The van der Waals surface area contributed by atoms with Gasteiger partial charge in [0.25, 0.3) is 5.91 Å². The number of nitriles is 1. The van der Waals surface area contributed by atoms with Crippen molar-refractivity contribution in [2.75, 3.05) is 0 Å². The first-order valence-electron chi connectivity index (χ1n) is 3.68. The summed E-state index contributed by atoms with van der Waals surface area (Å²) >= 11 is 0. The van der Waals surface area contributed by atoms with Crippen LogP contribution in [0.25, 0.3) is 6.08 Å². The molecule has 0 aliphatic heterocycles. The molecule has 4 nitrogen and oxygen atoms in total. The van der Waals surface area contributed by atoms with Crippen molar-refractivity contribution in [3.8, 4) is 6.07 Å². The molecule has 0 aliphatic rings. The molecule has 0 aromatic carbocycles. The molecule has 4 heteroatoms. The summed E-state index contributed by atoms with van der Waals surface area (Å²) in [7, 11) is 1.82. The maximum atomic E-state index is 10.7. The number of carbonyl (C=O) groups is 1. The van der Waals surface area contributed by atoms with Crippen LogP contribution in [0.1, 0.15) is 5.69 Å². The third-order valence-electron chi connectivity index (χ3n) is 1.66. The molecule has 0 atom stereocenters. The summed E-state index contributed by atoms with van der Waals surface area (Å²) in [5, 5.41) is 8.56. The smallest absolute Gasteiger partial charge is 0.259 e. The van der Waals surface area contributed by atoms with Crippen molar-refractivity contribution in [2.24, 2.45) is 12.8 Å². The zero-order valence-electron chi connectivity index (χ0n) is 7.19. The Morgan fingerprint density at radius 3 is 2.85 bits per heavy atom. The number of aryl methyl sites for hydroxylation is 1. The van der Waals surface area contributed by atoms with E-state index in [1.807, 2.05) is 19.3 Å². The van der Waals surface area contributed by atoms with E-state index in [9.17, 15) is 4.79 Å². The minimum absolute atomic E-state index is 0.0400. The van der Waals surface area contributed by atoms with E-state index in [1.54, 1.807) is 16.7 Å². The molecule has 13 heavy (non-hydrogen) atoms. The van der Waals surface area contributed by atoms with Crippen molar-refractivity contribution < 1.29 is 4.79 Å². The van der Waals surface area contributed by atoms with E-state index >= 15 is 0 Å². The number of primary amides is 1. The van der Waals surface area contributed by atoms with Gasteiger partial charge in [-0.25, -0.2) is 0 Å². The van der Waals surface area contributed by atoms with Crippen molar-refractivity contribution in [3.63, 3.8) is 0 Å². The maximum Gasteiger partial charge on any atom is 0.259 e. The van der Waals surface area contributed by atoms with E-state index in [4.69, 9.17) is 11.0 Å². The Morgan fingerprint density at radius 2 is 2.46 bits per heavy atom. The zero-order valence-corrected chi connectivity index (χ0v) is 7.19. The van der Waals surface area contributed by atoms with Gasteiger partial charge in [0.1, 0.15) is 11.6 Å². The topological polar surface area (TPSA) is 71.8 Å². The number of amides is 1. The van der Waals surface area contributed by atoms with Crippen LogP contribution in [-0.2, 0) is 11.8 Å². The van der Waals surface area contributed by atoms with E-state index in [-0.39, 0.29) is 5.57 Å². The number of rotatable bonds is 2. The van der Waals surface area contributed by atoms with Crippen LogP contribution in [0.5, 0.6) is 0 Å². The average Bonchev–Trinajstić information content (AvgIpc) is 2.46. The number of nitrogens with two attached hydrogens (primary N) is 1. The first-order chi connectivity index (χ1) is 6.15. The first-order valence-corrected chi connectivity index (χ1v) is 3.68. The number of aromatic nitrogens is 1. The summed E-state index contributed by atoms with van der Waals surface area (Å²) in [5.41, 5.74) is 5.71. The summed E-state index contributed by atoms with van der Waals surface area (Å²) in [5.74, 6) is -0.705. The Bertz CT molecular complexity index is 395. The monoisotopic (exact) mass is 175 g/mol. The first kappa shape index (κ1) is 9.07. The van der Waals surface area contributed by atoms with Crippen LogP contribution >= 0.6 is 0 Å². The molecule has 0 unspecified atom stereocenters. The van der Waals surface area contributed by atoms with Crippen molar-refractivity contribution in [1.82, 2.24) is 4.57 Å². The van der Waals surface area contributed by atoms with Crippen molar-refractivity contribution in [2.45, 2.75) is 0 Å². The van der Waals surface area contributed by atoms with Gasteiger partial charge in [0.2, 0.25) is 0 Å². The molecule has 0 saturated heterocycles. The van der Waals surface area contributed by atoms with E-state index < -0.39 is 5.91 Å². The molecule has 1 aromatic heterocycles. The largest absolute Gasteiger partial charge is 0.365 e. The Kier molecular flexibility index (Phi) is 2.50. The Balaban J connectivity index is 3.07. The molecule has 0 fully saturated rings. The molecule has 0 bridgehead atoms. The van der Waals surface area contributed by atoms with Gasteiger partial charge in [-0.05, 0) is 18.2 Å². The van der Waals surface area contributed by atoms with Crippen LogP contribution in [0, 0.1) is 11.3 Å². The average molecular weight is 175 g/mol. The van der Waals surface area contributed by atoms with Crippen molar-refractivity contribution in [3.05, 3.63) is 29.6 Å². The zero-order chi connectivity index (χ0) is 9.84.